The molecule has 0 N–H and O–H groups in total. The molecule has 29 heavy (non-hydrogen) atoms. The SMILES string of the molecule is COc1cccc2c(C(=O)N3CC(C)N(C)C(C)C3)cn(CC3CCCC3)c12.Cl. The Kier molecular flexibility index (Phi) is 6.79. The molecule has 0 spiro atoms. The predicted octanol–water partition coefficient (Wildman–Crippen LogP) is 4.43. The Morgan fingerprint density at radius 1 is 1.14 bits per heavy atom. The normalized spacial score (nSPS) is 23.4. The van der Waals surface area contributed by atoms with Crippen molar-refractivity contribution in [1.29, 1.82) is 0 Å². The molecule has 1 saturated carbocycles. The number of halogens is 1. The van der Waals surface area contributed by atoms with E-state index in [4.69, 9.17) is 4.74 Å². The van der Waals surface area contributed by atoms with Crippen molar-refractivity contribution in [2.75, 3.05) is 27.2 Å². The topological polar surface area (TPSA) is 37.7 Å². The van der Waals surface area contributed by atoms with Crippen molar-refractivity contribution in [3.63, 3.8) is 0 Å². The molecule has 4 rings (SSSR count). The smallest absolute Gasteiger partial charge is 0.256 e. The van der Waals surface area contributed by atoms with Crippen LogP contribution in [0, 0.1) is 5.92 Å². The van der Waals surface area contributed by atoms with Gasteiger partial charge in [-0.3, -0.25) is 9.69 Å². The molecule has 1 aliphatic heterocycles. The van der Waals surface area contributed by atoms with E-state index in [1.54, 1.807) is 7.11 Å². The Hall–Kier alpha value is -1.72. The largest absolute Gasteiger partial charge is 0.495 e. The number of carbonyl (C=O) groups is 1. The minimum Gasteiger partial charge on any atom is -0.495 e. The van der Waals surface area contributed by atoms with E-state index >= 15 is 0 Å². The van der Waals surface area contributed by atoms with E-state index in [0.29, 0.717) is 18.0 Å². The number of rotatable bonds is 4. The van der Waals surface area contributed by atoms with Gasteiger partial charge >= 0.3 is 0 Å². The van der Waals surface area contributed by atoms with Gasteiger partial charge in [-0.05, 0) is 45.7 Å². The van der Waals surface area contributed by atoms with Gasteiger partial charge in [0.2, 0.25) is 0 Å². The molecule has 0 radical (unpaired) electrons. The van der Waals surface area contributed by atoms with Gasteiger partial charge in [-0.1, -0.05) is 25.0 Å². The van der Waals surface area contributed by atoms with Crippen LogP contribution in [0.4, 0.5) is 0 Å². The molecule has 6 heteroatoms. The third kappa shape index (κ3) is 4.13. The van der Waals surface area contributed by atoms with Crippen molar-refractivity contribution in [2.24, 2.45) is 5.92 Å². The first-order chi connectivity index (χ1) is 13.5. The van der Waals surface area contributed by atoms with Crippen LogP contribution in [0.15, 0.2) is 24.4 Å². The quantitative estimate of drug-likeness (QED) is 0.735. The molecule has 2 fully saturated rings. The summed E-state index contributed by atoms with van der Waals surface area (Å²) >= 11 is 0. The van der Waals surface area contributed by atoms with Gasteiger partial charge in [0.15, 0.2) is 0 Å². The van der Waals surface area contributed by atoms with Gasteiger partial charge in [0, 0.05) is 43.3 Å². The van der Waals surface area contributed by atoms with Crippen LogP contribution < -0.4 is 4.74 Å². The lowest BCUT2D eigenvalue weighted by molar-refractivity contribution is 0.0415. The first kappa shape index (κ1) is 22.0. The number of ether oxygens (including phenoxy) is 1. The number of nitrogens with zero attached hydrogens (tertiary/aromatic N) is 3. The fourth-order valence-corrected chi connectivity index (χ4v) is 5.02. The highest BCUT2D eigenvalue weighted by Crippen LogP contribution is 2.34. The predicted molar refractivity (Wildman–Crippen MR) is 120 cm³/mol. The van der Waals surface area contributed by atoms with E-state index in [0.717, 1.165) is 41.9 Å². The summed E-state index contributed by atoms with van der Waals surface area (Å²) in [6.45, 7) is 6.92. The molecule has 1 amide bonds. The van der Waals surface area contributed by atoms with Crippen LogP contribution >= 0.6 is 12.4 Å². The summed E-state index contributed by atoms with van der Waals surface area (Å²) in [5, 5.41) is 1.02. The van der Waals surface area contributed by atoms with Crippen molar-refractivity contribution >= 4 is 29.2 Å². The second kappa shape index (κ2) is 8.97. The molecule has 2 atom stereocenters. The summed E-state index contributed by atoms with van der Waals surface area (Å²) in [7, 11) is 3.86. The minimum absolute atomic E-state index is 0. The van der Waals surface area contributed by atoms with Crippen molar-refractivity contribution in [1.82, 2.24) is 14.4 Å². The second-order valence-corrected chi connectivity index (χ2v) is 8.78. The van der Waals surface area contributed by atoms with Crippen LogP contribution in [0.2, 0.25) is 0 Å². The van der Waals surface area contributed by atoms with Crippen LogP contribution in [0.1, 0.15) is 49.9 Å². The maximum absolute atomic E-state index is 13.5. The highest BCUT2D eigenvalue weighted by molar-refractivity contribution is 6.08. The summed E-state index contributed by atoms with van der Waals surface area (Å²) in [4.78, 5) is 17.9. The number of aromatic nitrogens is 1. The van der Waals surface area contributed by atoms with E-state index in [1.807, 2.05) is 17.0 Å². The Labute approximate surface area is 180 Å². The maximum Gasteiger partial charge on any atom is 0.256 e. The number of methoxy groups -OCH3 is 1. The molecule has 1 aromatic carbocycles. The van der Waals surface area contributed by atoms with E-state index in [9.17, 15) is 4.79 Å². The zero-order valence-corrected chi connectivity index (χ0v) is 18.9. The first-order valence-corrected chi connectivity index (χ1v) is 10.7. The second-order valence-electron chi connectivity index (χ2n) is 8.78. The molecule has 2 aromatic rings. The number of amides is 1. The Balaban J connectivity index is 0.00000240. The number of benzene rings is 1. The van der Waals surface area contributed by atoms with Gasteiger partial charge < -0.3 is 14.2 Å². The molecular formula is C23H34ClN3O2. The van der Waals surface area contributed by atoms with Crippen molar-refractivity contribution in [3.05, 3.63) is 30.0 Å². The Morgan fingerprint density at radius 3 is 2.41 bits per heavy atom. The molecule has 1 saturated heterocycles. The molecule has 5 nitrogen and oxygen atoms in total. The number of carbonyl (C=O) groups excluding carboxylic acids is 1. The van der Waals surface area contributed by atoms with Gasteiger partial charge in [-0.2, -0.15) is 0 Å². The minimum atomic E-state index is 0. The first-order valence-electron chi connectivity index (χ1n) is 10.7. The molecule has 2 heterocycles. The molecule has 0 bridgehead atoms. The third-order valence-electron chi connectivity index (χ3n) is 6.89. The molecule has 1 aromatic heterocycles. The van der Waals surface area contributed by atoms with Crippen molar-refractivity contribution in [2.45, 2.75) is 58.2 Å². The Morgan fingerprint density at radius 2 is 1.79 bits per heavy atom. The number of para-hydroxylation sites is 1. The molecular weight excluding hydrogens is 386 g/mol. The number of likely N-dealkylation sites (N-methyl/N-ethyl adjacent to an activating group) is 1. The van der Waals surface area contributed by atoms with Crippen LogP contribution in [0.25, 0.3) is 10.9 Å². The number of fused-ring (bicyclic) bond motifs is 1. The van der Waals surface area contributed by atoms with Crippen LogP contribution in [-0.2, 0) is 6.54 Å². The van der Waals surface area contributed by atoms with Gasteiger partial charge in [0.25, 0.3) is 5.91 Å². The lowest BCUT2D eigenvalue weighted by atomic mass is 10.1. The summed E-state index contributed by atoms with van der Waals surface area (Å²) in [6, 6.07) is 6.80. The fourth-order valence-electron chi connectivity index (χ4n) is 5.02. The highest BCUT2D eigenvalue weighted by atomic mass is 35.5. The third-order valence-corrected chi connectivity index (χ3v) is 6.89. The molecule has 1 aliphatic carbocycles. The lowest BCUT2D eigenvalue weighted by Gasteiger charge is -2.42. The van der Waals surface area contributed by atoms with Gasteiger partial charge in [-0.15, -0.1) is 12.4 Å². The number of piperazine rings is 1. The van der Waals surface area contributed by atoms with Crippen LogP contribution in [-0.4, -0.2) is 59.6 Å². The van der Waals surface area contributed by atoms with E-state index in [-0.39, 0.29) is 18.3 Å². The lowest BCUT2D eigenvalue weighted by Crippen LogP contribution is -2.56. The zero-order valence-electron chi connectivity index (χ0n) is 18.1. The average Bonchev–Trinajstić information content (AvgIpc) is 3.33. The van der Waals surface area contributed by atoms with E-state index in [1.165, 1.54) is 25.7 Å². The van der Waals surface area contributed by atoms with Crippen molar-refractivity contribution in [3.8, 4) is 5.75 Å². The Bertz CT molecular complexity index is 847. The summed E-state index contributed by atoms with van der Waals surface area (Å²) in [5.41, 5.74) is 1.88. The standard InChI is InChI=1S/C23H33N3O2.ClH/c1-16-12-26(13-17(2)24(16)3)23(27)20-15-25(14-18-8-5-6-9-18)22-19(20)10-7-11-21(22)28-4;/h7,10-11,15-18H,5-6,8-9,12-14H2,1-4H3;1H. The van der Waals surface area contributed by atoms with E-state index < -0.39 is 0 Å². The maximum atomic E-state index is 13.5. The fraction of sp³-hybridized carbons (Fsp3) is 0.609. The number of hydrogen-bond acceptors (Lipinski definition) is 3. The molecule has 2 aliphatic rings. The number of hydrogen-bond donors (Lipinski definition) is 0. The summed E-state index contributed by atoms with van der Waals surface area (Å²) in [6.07, 6.45) is 7.30. The van der Waals surface area contributed by atoms with Gasteiger partial charge in [0.1, 0.15) is 5.75 Å². The summed E-state index contributed by atoms with van der Waals surface area (Å²) in [5.74, 6) is 1.71. The highest BCUT2D eigenvalue weighted by Gasteiger charge is 2.31. The molecule has 160 valence electrons. The zero-order chi connectivity index (χ0) is 19.8. The van der Waals surface area contributed by atoms with Crippen LogP contribution in [0.5, 0.6) is 5.75 Å². The average molecular weight is 420 g/mol. The van der Waals surface area contributed by atoms with Crippen LogP contribution in [0.3, 0.4) is 0 Å². The van der Waals surface area contributed by atoms with Crippen molar-refractivity contribution < 1.29 is 9.53 Å². The molecule has 2 unspecified atom stereocenters. The van der Waals surface area contributed by atoms with Gasteiger partial charge in [-0.25, -0.2) is 0 Å². The van der Waals surface area contributed by atoms with Gasteiger partial charge in [0.05, 0.1) is 18.2 Å². The van der Waals surface area contributed by atoms with E-state index in [2.05, 4.69) is 42.6 Å². The summed E-state index contributed by atoms with van der Waals surface area (Å²) < 4.78 is 7.95. The monoisotopic (exact) mass is 419 g/mol.